The highest BCUT2D eigenvalue weighted by molar-refractivity contribution is 7.71. The van der Waals surface area contributed by atoms with E-state index in [-0.39, 0.29) is 5.60 Å². The van der Waals surface area contributed by atoms with E-state index in [0.29, 0.717) is 24.5 Å². The number of aryl methyl sites for hydroxylation is 1. The Balaban J connectivity index is 2.45. The first-order valence-electron chi connectivity index (χ1n) is 6.39. The third-order valence-corrected chi connectivity index (χ3v) is 3.95. The van der Waals surface area contributed by atoms with Gasteiger partial charge in [-0.1, -0.05) is 12.2 Å². The molecule has 100 valence electrons. The second-order valence-electron chi connectivity index (χ2n) is 4.68. The predicted octanol–water partition coefficient (Wildman–Crippen LogP) is 2.80. The predicted molar refractivity (Wildman–Crippen MR) is 72.3 cm³/mol. The molecule has 0 aliphatic carbocycles. The van der Waals surface area contributed by atoms with Crippen LogP contribution in [0.2, 0.25) is 0 Å². The average molecular weight is 268 g/mol. The van der Waals surface area contributed by atoms with Crippen molar-refractivity contribution >= 4 is 12.2 Å². The van der Waals surface area contributed by atoms with Crippen LogP contribution in [-0.2, 0) is 15.1 Å². The molecule has 0 saturated carbocycles. The SMILES string of the molecule is CCOC1(c2nc(=S)c(C)c(C)[nH]2)CCOCC1. The summed E-state index contributed by atoms with van der Waals surface area (Å²) in [4.78, 5) is 7.88. The van der Waals surface area contributed by atoms with Crippen molar-refractivity contribution in [1.29, 1.82) is 0 Å². The Hall–Kier alpha value is -0.780. The van der Waals surface area contributed by atoms with Crippen LogP contribution in [0.25, 0.3) is 0 Å². The minimum atomic E-state index is -0.362. The Morgan fingerprint density at radius 1 is 1.39 bits per heavy atom. The molecule has 1 aromatic heterocycles. The summed E-state index contributed by atoms with van der Waals surface area (Å²) in [5.41, 5.74) is 1.74. The van der Waals surface area contributed by atoms with Crippen LogP contribution in [0.15, 0.2) is 0 Å². The van der Waals surface area contributed by atoms with E-state index < -0.39 is 0 Å². The fourth-order valence-electron chi connectivity index (χ4n) is 2.29. The molecule has 4 nitrogen and oxygen atoms in total. The molecule has 0 atom stereocenters. The van der Waals surface area contributed by atoms with Crippen LogP contribution in [0.4, 0.5) is 0 Å². The molecule has 5 heteroatoms. The van der Waals surface area contributed by atoms with Gasteiger partial charge in [-0.05, 0) is 20.8 Å². The summed E-state index contributed by atoms with van der Waals surface area (Å²) in [6.45, 7) is 8.09. The lowest BCUT2D eigenvalue weighted by Crippen LogP contribution is -2.38. The Labute approximate surface area is 113 Å². The van der Waals surface area contributed by atoms with Gasteiger partial charge in [-0.2, -0.15) is 0 Å². The zero-order valence-corrected chi connectivity index (χ0v) is 12.0. The number of nitrogens with one attached hydrogen (secondary N) is 1. The lowest BCUT2D eigenvalue weighted by Gasteiger charge is -2.36. The quantitative estimate of drug-likeness (QED) is 0.856. The highest BCUT2D eigenvalue weighted by atomic mass is 32.1. The normalized spacial score (nSPS) is 18.8. The van der Waals surface area contributed by atoms with Gasteiger partial charge in [0.1, 0.15) is 16.1 Å². The molecule has 1 aromatic rings. The Bertz CT molecular complexity index is 473. The molecule has 1 aliphatic rings. The number of aromatic amines is 1. The highest BCUT2D eigenvalue weighted by Gasteiger charge is 2.37. The largest absolute Gasteiger partial charge is 0.381 e. The van der Waals surface area contributed by atoms with Gasteiger partial charge in [-0.3, -0.25) is 0 Å². The Morgan fingerprint density at radius 2 is 2.06 bits per heavy atom. The maximum absolute atomic E-state index is 5.99. The van der Waals surface area contributed by atoms with E-state index in [1.165, 1.54) is 0 Å². The van der Waals surface area contributed by atoms with Crippen molar-refractivity contribution in [2.24, 2.45) is 0 Å². The second-order valence-corrected chi connectivity index (χ2v) is 5.07. The third kappa shape index (κ3) is 2.48. The minimum Gasteiger partial charge on any atom is -0.381 e. The number of ether oxygens (including phenoxy) is 2. The third-order valence-electron chi connectivity index (χ3n) is 3.56. The Morgan fingerprint density at radius 3 is 2.61 bits per heavy atom. The number of hydrogen-bond acceptors (Lipinski definition) is 4. The summed E-state index contributed by atoms with van der Waals surface area (Å²) in [5, 5.41) is 0. The van der Waals surface area contributed by atoms with Crippen LogP contribution in [0, 0.1) is 18.5 Å². The van der Waals surface area contributed by atoms with Crippen molar-refractivity contribution in [3.05, 3.63) is 21.7 Å². The highest BCUT2D eigenvalue weighted by Crippen LogP contribution is 2.34. The van der Waals surface area contributed by atoms with Gasteiger partial charge in [0.25, 0.3) is 0 Å². The van der Waals surface area contributed by atoms with Gasteiger partial charge in [-0.25, -0.2) is 4.98 Å². The fraction of sp³-hybridized carbons (Fsp3) is 0.692. The van der Waals surface area contributed by atoms with Gasteiger partial charge in [0, 0.05) is 43.9 Å². The zero-order valence-electron chi connectivity index (χ0n) is 11.2. The molecule has 0 amide bonds. The van der Waals surface area contributed by atoms with E-state index in [2.05, 4.69) is 9.97 Å². The Kier molecular flexibility index (Phi) is 4.14. The molecule has 0 bridgehead atoms. The summed E-state index contributed by atoms with van der Waals surface area (Å²) < 4.78 is 12.1. The number of rotatable bonds is 3. The van der Waals surface area contributed by atoms with Crippen molar-refractivity contribution in [2.75, 3.05) is 19.8 Å². The van der Waals surface area contributed by atoms with Gasteiger partial charge >= 0.3 is 0 Å². The van der Waals surface area contributed by atoms with Crippen LogP contribution in [-0.4, -0.2) is 29.8 Å². The van der Waals surface area contributed by atoms with E-state index in [4.69, 9.17) is 21.7 Å². The summed E-state index contributed by atoms with van der Waals surface area (Å²) >= 11 is 5.31. The molecular formula is C13H20N2O2S. The molecule has 2 rings (SSSR count). The van der Waals surface area contributed by atoms with Gasteiger partial charge in [0.05, 0.1) is 0 Å². The molecule has 1 aliphatic heterocycles. The first kappa shape index (κ1) is 13.6. The van der Waals surface area contributed by atoms with Crippen molar-refractivity contribution in [3.8, 4) is 0 Å². The van der Waals surface area contributed by atoms with Gasteiger partial charge in [0.15, 0.2) is 0 Å². The monoisotopic (exact) mass is 268 g/mol. The van der Waals surface area contributed by atoms with E-state index in [0.717, 1.165) is 29.9 Å². The zero-order chi connectivity index (χ0) is 13.2. The smallest absolute Gasteiger partial charge is 0.140 e. The minimum absolute atomic E-state index is 0.362. The molecule has 1 fully saturated rings. The lowest BCUT2D eigenvalue weighted by molar-refractivity contribution is -0.118. The standard InChI is InChI=1S/C13H20N2O2S/c1-4-17-13(5-7-16-8-6-13)12-14-10(3)9(2)11(18)15-12/h4-8H2,1-3H3,(H,14,15,18). The summed E-state index contributed by atoms with van der Waals surface area (Å²) in [5.74, 6) is 0.848. The van der Waals surface area contributed by atoms with Crippen molar-refractivity contribution in [3.63, 3.8) is 0 Å². The number of H-pyrrole nitrogens is 1. The van der Waals surface area contributed by atoms with Gasteiger partial charge in [-0.15, -0.1) is 0 Å². The molecule has 0 spiro atoms. The second kappa shape index (κ2) is 5.47. The van der Waals surface area contributed by atoms with E-state index in [1.54, 1.807) is 0 Å². The van der Waals surface area contributed by atoms with E-state index in [1.807, 2.05) is 20.8 Å². The number of hydrogen-bond donors (Lipinski definition) is 1. The molecule has 0 unspecified atom stereocenters. The first-order chi connectivity index (χ1) is 8.59. The fourth-order valence-corrected chi connectivity index (χ4v) is 2.53. The van der Waals surface area contributed by atoms with Crippen LogP contribution in [0.1, 0.15) is 36.8 Å². The van der Waals surface area contributed by atoms with Crippen LogP contribution in [0.3, 0.4) is 0 Å². The van der Waals surface area contributed by atoms with Crippen LogP contribution < -0.4 is 0 Å². The summed E-state index contributed by atoms with van der Waals surface area (Å²) in [6.07, 6.45) is 1.64. The molecule has 2 heterocycles. The van der Waals surface area contributed by atoms with Crippen LogP contribution >= 0.6 is 12.2 Å². The van der Waals surface area contributed by atoms with E-state index >= 15 is 0 Å². The molecule has 1 N–H and O–H groups in total. The van der Waals surface area contributed by atoms with E-state index in [9.17, 15) is 0 Å². The van der Waals surface area contributed by atoms with Crippen molar-refractivity contribution < 1.29 is 9.47 Å². The number of nitrogens with zero attached hydrogens (tertiary/aromatic N) is 1. The van der Waals surface area contributed by atoms with Crippen LogP contribution in [0.5, 0.6) is 0 Å². The van der Waals surface area contributed by atoms with Crippen molar-refractivity contribution in [1.82, 2.24) is 9.97 Å². The van der Waals surface area contributed by atoms with Crippen molar-refractivity contribution in [2.45, 2.75) is 39.2 Å². The lowest BCUT2D eigenvalue weighted by atomic mass is 9.92. The maximum Gasteiger partial charge on any atom is 0.140 e. The molecule has 18 heavy (non-hydrogen) atoms. The van der Waals surface area contributed by atoms with Gasteiger partial charge in [0.2, 0.25) is 0 Å². The molecule has 0 aromatic carbocycles. The van der Waals surface area contributed by atoms with Gasteiger partial charge < -0.3 is 14.5 Å². The molecular weight excluding hydrogens is 248 g/mol. The molecule has 1 saturated heterocycles. The maximum atomic E-state index is 5.99. The first-order valence-corrected chi connectivity index (χ1v) is 6.79. The molecule has 0 radical (unpaired) electrons. The topological polar surface area (TPSA) is 47.1 Å². The number of aromatic nitrogens is 2. The summed E-state index contributed by atoms with van der Waals surface area (Å²) in [7, 11) is 0. The summed E-state index contributed by atoms with van der Waals surface area (Å²) in [6, 6.07) is 0. The average Bonchev–Trinajstić information content (AvgIpc) is 2.37.